The third-order valence-corrected chi connectivity index (χ3v) is 18.7. The van der Waals surface area contributed by atoms with Crippen molar-refractivity contribution in [3.05, 3.63) is 52.4 Å². The lowest BCUT2D eigenvalue weighted by Crippen LogP contribution is -2.46. The molecule has 1 saturated heterocycles. The van der Waals surface area contributed by atoms with Crippen LogP contribution in [0.25, 0.3) is 11.0 Å². The fraction of sp³-hybridized carbons (Fsp3) is 0.571. The number of nitrogens with one attached hydrogen (secondary N) is 1. The number of hydrogen-bond acceptors (Lipinski definition) is 8. The third-order valence-electron chi connectivity index (χ3n) is 10.5. The smallest absolute Gasteiger partial charge is 0.268 e. The summed E-state index contributed by atoms with van der Waals surface area (Å²) in [7, 11) is -3.70. The summed E-state index contributed by atoms with van der Waals surface area (Å²) in [5.74, 6) is 3.62. The van der Waals surface area contributed by atoms with Crippen LogP contribution in [0.15, 0.2) is 46.2 Å². The zero-order chi connectivity index (χ0) is 34.3. The largest absolute Gasteiger partial charge is 0.388 e. The van der Waals surface area contributed by atoms with Crippen molar-refractivity contribution in [3.63, 3.8) is 0 Å². The molecule has 2 aliphatic rings. The SMILES string of the molecule is CC(C)[Si](C#Cc1cc2cnc(Nc3ccc(S(=O)(=O)N4CCN(C)CC4)cc3)nc2n([C@@H]2CCC[C@@]2(C)O)c1=O)(C(C)C)C(C)C. The van der Waals surface area contributed by atoms with E-state index in [1.807, 2.05) is 7.05 Å². The van der Waals surface area contributed by atoms with Crippen LogP contribution < -0.4 is 10.9 Å². The highest BCUT2D eigenvalue weighted by atomic mass is 32.2. The maximum atomic E-state index is 14.3. The first kappa shape index (κ1) is 35.2. The predicted molar refractivity (Wildman–Crippen MR) is 191 cm³/mol. The van der Waals surface area contributed by atoms with E-state index in [9.17, 15) is 18.3 Å². The van der Waals surface area contributed by atoms with Crippen molar-refractivity contribution in [2.45, 2.75) is 101 Å². The molecule has 12 heteroatoms. The van der Waals surface area contributed by atoms with Crippen LogP contribution in [0, 0.1) is 11.5 Å². The lowest BCUT2D eigenvalue weighted by atomic mass is 9.99. The highest BCUT2D eigenvalue weighted by Crippen LogP contribution is 2.41. The summed E-state index contributed by atoms with van der Waals surface area (Å²) in [6, 6.07) is 7.89. The van der Waals surface area contributed by atoms with Gasteiger partial charge in [-0.3, -0.25) is 9.36 Å². The summed E-state index contributed by atoms with van der Waals surface area (Å²) >= 11 is 0. The van der Waals surface area contributed by atoms with Crippen LogP contribution in [0.2, 0.25) is 16.6 Å². The number of nitrogens with zero attached hydrogens (tertiary/aromatic N) is 5. The van der Waals surface area contributed by atoms with Crippen molar-refractivity contribution in [2.24, 2.45) is 0 Å². The van der Waals surface area contributed by atoms with Crippen LogP contribution in [0.4, 0.5) is 11.6 Å². The molecule has 2 aromatic heterocycles. The molecule has 3 heterocycles. The molecule has 1 aliphatic heterocycles. The van der Waals surface area contributed by atoms with E-state index >= 15 is 0 Å². The van der Waals surface area contributed by atoms with Crippen LogP contribution in [0.3, 0.4) is 0 Å². The minimum absolute atomic E-state index is 0.234. The average molecular weight is 679 g/mol. The summed E-state index contributed by atoms with van der Waals surface area (Å²) < 4.78 is 29.5. The van der Waals surface area contributed by atoms with E-state index in [2.05, 4.69) is 68.2 Å². The van der Waals surface area contributed by atoms with Crippen LogP contribution in [0.1, 0.15) is 79.3 Å². The number of rotatable bonds is 8. The first-order valence-corrected chi connectivity index (χ1v) is 20.5. The summed E-state index contributed by atoms with van der Waals surface area (Å²) in [6.45, 7) is 17.6. The number of piperazine rings is 1. The van der Waals surface area contributed by atoms with Crippen molar-refractivity contribution in [3.8, 4) is 11.5 Å². The molecule has 1 aliphatic carbocycles. The van der Waals surface area contributed by atoms with Crippen molar-refractivity contribution in [2.75, 3.05) is 38.5 Å². The maximum absolute atomic E-state index is 14.3. The molecule has 1 saturated carbocycles. The number of hydrogen-bond donors (Lipinski definition) is 2. The summed E-state index contributed by atoms with van der Waals surface area (Å²) in [5.41, 5.74) is 5.08. The summed E-state index contributed by atoms with van der Waals surface area (Å²) in [5, 5.41) is 15.2. The molecule has 254 valence electrons. The van der Waals surface area contributed by atoms with Crippen LogP contribution in [-0.2, 0) is 10.0 Å². The first-order chi connectivity index (χ1) is 22.1. The molecule has 0 radical (unpaired) electrons. The number of likely N-dealkylation sites (N-methyl/N-ethyl adjacent to an activating group) is 1. The molecular formula is C35H50N6O4SSi. The van der Waals surface area contributed by atoms with E-state index in [1.165, 1.54) is 4.31 Å². The number of fused-ring (bicyclic) bond motifs is 1. The van der Waals surface area contributed by atoms with Crippen LogP contribution in [0.5, 0.6) is 0 Å². The molecular weight excluding hydrogens is 629 g/mol. The molecule has 1 aromatic carbocycles. The fourth-order valence-corrected chi connectivity index (χ4v) is 14.4. The van der Waals surface area contributed by atoms with Gasteiger partial charge in [0, 0.05) is 43.4 Å². The summed E-state index contributed by atoms with van der Waals surface area (Å²) in [6.07, 6.45) is 3.72. The number of pyridine rings is 1. The normalized spacial score (nSPS) is 21.5. The van der Waals surface area contributed by atoms with Gasteiger partial charge in [-0.05, 0) is 80.2 Å². The van der Waals surface area contributed by atoms with Crippen molar-refractivity contribution in [1.82, 2.24) is 23.7 Å². The van der Waals surface area contributed by atoms with E-state index < -0.39 is 29.7 Å². The van der Waals surface area contributed by atoms with Gasteiger partial charge in [0.2, 0.25) is 16.0 Å². The minimum Gasteiger partial charge on any atom is -0.388 e. The quantitative estimate of drug-likeness (QED) is 0.236. The van der Waals surface area contributed by atoms with Gasteiger partial charge in [-0.15, -0.1) is 5.54 Å². The zero-order valence-corrected chi connectivity index (χ0v) is 30.9. The molecule has 47 heavy (non-hydrogen) atoms. The number of aromatic nitrogens is 3. The van der Waals surface area contributed by atoms with Gasteiger partial charge in [-0.2, -0.15) is 9.29 Å². The Bertz CT molecular complexity index is 1810. The Balaban J connectivity index is 1.53. The highest BCUT2D eigenvalue weighted by Gasteiger charge is 2.42. The summed E-state index contributed by atoms with van der Waals surface area (Å²) in [4.78, 5) is 25.9. The molecule has 0 amide bonds. The predicted octanol–water partition coefficient (Wildman–Crippen LogP) is 5.52. The van der Waals surface area contributed by atoms with Gasteiger partial charge in [-0.1, -0.05) is 47.5 Å². The second-order valence-electron chi connectivity index (χ2n) is 14.5. The molecule has 3 aromatic rings. The van der Waals surface area contributed by atoms with E-state index in [-0.39, 0.29) is 16.4 Å². The van der Waals surface area contributed by atoms with E-state index in [0.717, 1.165) is 6.42 Å². The average Bonchev–Trinajstić information content (AvgIpc) is 3.35. The fourth-order valence-electron chi connectivity index (χ4n) is 7.72. The number of sulfonamides is 1. The Kier molecular flexibility index (Phi) is 10.1. The van der Waals surface area contributed by atoms with Gasteiger partial charge in [0.15, 0.2) is 0 Å². The van der Waals surface area contributed by atoms with Gasteiger partial charge in [0.05, 0.1) is 22.1 Å². The Labute approximate surface area is 280 Å². The molecule has 0 bridgehead atoms. The molecule has 5 rings (SSSR count). The Morgan fingerprint density at radius 1 is 1.02 bits per heavy atom. The van der Waals surface area contributed by atoms with Gasteiger partial charge in [0.25, 0.3) is 5.56 Å². The van der Waals surface area contributed by atoms with Gasteiger partial charge in [0.1, 0.15) is 13.7 Å². The Morgan fingerprint density at radius 3 is 2.19 bits per heavy atom. The molecule has 10 nitrogen and oxygen atoms in total. The second-order valence-corrected chi connectivity index (χ2v) is 22.0. The topological polar surface area (TPSA) is 121 Å². The van der Waals surface area contributed by atoms with E-state index in [4.69, 9.17) is 4.98 Å². The lowest BCUT2D eigenvalue weighted by molar-refractivity contribution is 0.0266. The minimum atomic E-state index is -3.59. The molecule has 0 unspecified atom stereocenters. The van der Waals surface area contributed by atoms with Gasteiger partial charge >= 0.3 is 0 Å². The maximum Gasteiger partial charge on any atom is 0.268 e. The van der Waals surface area contributed by atoms with Gasteiger partial charge < -0.3 is 15.3 Å². The standard InChI is InChI=1S/C35H50N6O4SSi/c1-24(2)47(25(3)4,26(5)6)21-15-27-22-28-23-36-34(38-32(28)41(33(27)42)31-10-9-16-35(31,7)43)37-29-11-13-30(14-12-29)46(44,45)40-19-17-39(8)18-20-40/h11-14,22-26,31,43H,9-10,16-20H2,1-8H3,(H,36,37,38)/t31-,35-/m1/s1. The molecule has 0 spiro atoms. The lowest BCUT2D eigenvalue weighted by Gasteiger charge is -2.38. The van der Waals surface area contributed by atoms with Crippen LogP contribution in [-0.4, -0.2) is 84.2 Å². The molecule has 2 fully saturated rings. The van der Waals surface area contributed by atoms with Crippen molar-refractivity contribution >= 4 is 40.8 Å². The first-order valence-electron chi connectivity index (χ1n) is 16.8. The van der Waals surface area contributed by atoms with Gasteiger partial charge in [-0.25, -0.2) is 13.4 Å². The zero-order valence-electron chi connectivity index (χ0n) is 29.0. The van der Waals surface area contributed by atoms with Crippen molar-refractivity contribution < 1.29 is 13.5 Å². The third kappa shape index (κ3) is 6.78. The number of anilines is 2. The Morgan fingerprint density at radius 2 is 1.64 bits per heavy atom. The second kappa shape index (κ2) is 13.4. The van der Waals surface area contributed by atoms with E-state index in [0.29, 0.717) is 77.9 Å². The van der Waals surface area contributed by atoms with Crippen LogP contribution >= 0.6 is 0 Å². The number of aliphatic hydroxyl groups is 1. The Hall–Kier alpha value is -3.08. The molecule has 2 N–H and O–H groups in total. The van der Waals surface area contributed by atoms with E-state index in [1.54, 1.807) is 48.0 Å². The number of benzene rings is 1. The highest BCUT2D eigenvalue weighted by molar-refractivity contribution is 7.89. The molecule has 2 atom stereocenters. The monoisotopic (exact) mass is 678 g/mol. The van der Waals surface area contributed by atoms with Crippen molar-refractivity contribution in [1.29, 1.82) is 0 Å².